The number of hydrogen-bond donors (Lipinski definition) is 0. The summed E-state index contributed by atoms with van der Waals surface area (Å²) in [5, 5.41) is 4.49. The number of carbonyl (C=O) groups excluding carboxylic acids is 1. The number of amides is 1. The van der Waals surface area contributed by atoms with Crippen molar-refractivity contribution in [3.8, 4) is 0 Å². The van der Waals surface area contributed by atoms with Gasteiger partial charge in [-0.15, -0.1) is 0 Å². The van der Waals surface area contributed by atoms with Crippen molar-refractivity contribution in [1.29, 1.82) is 0 Å². The third-order valence-corrected chi connectivity index (χ3v) is 7.17. The fraction of sp³-hybridized carbons (Fsp3) is 0.810. The minimum Gasteiger partial charge on any atom is -0.378 e. The molecule has 0 aliphatic carbocycles. The van der Waals surface area contributed by atoms with Crippen molar-refractivity contribution in [2.75, 3.05) is 53.0 Å². The van der Waals surface area contributed by atoms with Gasteiger partial charge in [-0.3, -0.25) is 19.3 Å². The molecule has 0 bridgehead atoms. The van der Waals surface area contributed by atoms with Crippen LogP contribution in [0.2, 0.25) is 0 Å². The third-order valence-electron chi connectivity index (χ3n) is 7.17. The van der Waals surface area contributed by atoms with E-state index in [9.17, 15) is 4.79 Å². The van der Waals surface area contributed by atoms with Crippen molar-refractivity contribution in [2.24, 2.45) is 5.41 Å². The smallest absolute Gasteiger partial charge is 0.240 e. The molecule has 0 N–H and O–H groups in total. The van der Waals surface area contributed by atoms with Crippen LogP contribution < -0.4 is 0 Å². The molecule has 0 aromatic carbocycles. The minimum absolute atomic E-state index is 0.0506. The predicted octanol–water partition coefficient (Wildman–Crippen LogP) is 1.36. The summed E-state index contributed by atoms with van der Waals surface area (Å²) in [6.45, 7) is 12.4. The van der Waals surface area contributed by atoms with Gasteiger partial charge in [0.05, 0.1) is 25.5 Å². The Balaban J connectivity index is 1.33. The minimum atomic E-state index is 0.0506. The zero-order valence-electron chi connectivity index (χ0n) is 17.7. The predicted molar refractivity (Wildman–Crippen MR) is 108 cm³/mol. The van der Waals surface area contributed by atoms with Gasteiger partial charge in [-0.2, -0.15) is 5.10 Å². The molecular weight excluding hydrogens is 354 g/mol. The van der Waals surface area contributed by atoms with E-state index in [1.165, 1.54) is 24.1 Å². The first-order chi connectivity index (χ1) is 13.5. The number of carbonyl (C=O) groups is 1. The fourth-order valence-corrected chi connectivity index (χ4v) is 5.29. The largest absolute Gasteiger partial charge is 0.378 e. The number of hydrogen-bond acceptors (Lipinski definition) is 5. The zero-order chi connectivity index (χ0) is 19.7. The van der Waals surface area contributed by atoms with Crippen molar-refractivity contribution in [2.45, 2.75) is 52.2 Å². The lowest BCUT2D eigenvalue weighted by atomic mass is 9.76. The maximum absolute atomic E-state index is 13.0. The van der Waals surface area contributed by atoms with Gasteiger partial charge in [0.15, 0.2) is 0 Å². The van der Waals surface area contributed by atoms with Gasteiger partial charge >= 0.3 is 0 Å². The molecule has 7 nitrogen and oxygen atoms in total. The van der Waals surface area contributed by atoms with E-state index in [0.29, 0.717) is 24.5 Å². The van der Waals surface area contributed by atoms with Gasteiger partial charge in [0.25, 0.3) is 0 Å². The Morgan fingerprint density at radius 2 is 1.96 bits per heavy atom. The Hall–Kier alpha value is -1.44. The number of morpholine rings is 1. The lowest BCUT2D eigenvalue weighted by Crippen LogP contribution is -2.48. The molecule has 3 aliphatic heterocycles. The first kappa shape index (κ1) is 19.9. The van der Waals surface area contributed by atoms with Gasteiger partial charge in [0.1, 0.15) is 0 Å². The molecule has 28 heavy (non-hydrogen) atoms. The molecule has 4 heterocycles. The number of nitrogens with zero attached hydrogens (tertiary/aromatic N) is 5. The molecule has 4 rings (SSSR count). The van der Waals surface area contributed by atoms with Gasteiger partial charge in [0.2, 0.25) is 5.91 Å². The average Bonchev–Trinajstić information content (AvgIpc) is 3.23. The molecule has 1 unspecified atom stereocenters. The number of aromatic nitrogens is 2. The molecule has 7 heteroatoms. The Bertz CT molecular complexity index is 689. The molecule has 0 radical (unpaired) electrons. The highest BCUT2D eigenvalue weighted by Gasteiger charge is 2.47. The van der Waals surface area contributed by atoms with Crippen molar-refractivity contribution >= 4 is 5.91 Å². The lowest BCUT2D eigenvalue weighted by Gasteiger charge is -2.39. The van der Waals surface area contributed by atoms with Crippen LogP contribution in [0.4, 0.5) is 0 Å². The standard InChI is InChI=1S/C21H35N5O2/c1-4-26-17(2)18(14-22-26)15-24-7-5-21(6-8-24)13-19(23(3)16-21)20(27)25-9-11-28-12-10-25/h14,19H,4-13,15-16H2,1-3H3. The summed E-state index contributed by atoms with van der Waals surface area (Å²) in [6, 6.07) is 0.0506. The van der Waals surface area contributed by atoms with Crippen molar-refractivity contribution in [3.63, 3.8) is 0 Å². The molecule has 1 aromatic rings. The van der Waals surface area contributed by atoms with Crippen LogP contribution in [0.1, 0.15) is 37.4 Å². The summed E-state index contributed by atoms with van der Waals surface area (Å²) in [7, 11) is 2.13. The lowest BCUT2D eigenvalue weighted by molar-refractivity contribution is -0.139. The molecule has 3 fully saturated rings. The number of rotatable bonds is 4. The summed E-state index contributed by atoms with van der Waals surface area (Å²) in [5.41, 5.74) is 2.95. The molecule has 1 amide bonds. The molecule has 1 aromatic heterocycles. The van der Waals surface area contributed by atoms with E-state index >= 15 is 0 Å². The van der Waals surface area contributed by atoms with Crippen LogP contribution in [-0.4, -0.2) is 89.4 Å². The number of likely N-dealkylation sites (tertiary alicyclic amines) is 2. The summed E-state index contributed by atoms with van der Waals surface area (Å²) in [4.78, 5) is 19.9. The third kappa shape index (κ3) is 3.84. The summed E-state index contributed by atoms with van der Waals surface area (Å²) in [6.07, 6.45) is 5.42. The maximum atomic E-state index is 13.0. The number of ether oxygens (including phenoxy) is 1. The molecule has 3 aliphatic rings. The van der Waals surface area contributed by atoms with E-state index in [-0.39, 0.29) is 6.04 Å². The maximum Gasteiger partial charge on any atom is 0.240 e. The highest BCUT2D eigenvalue weighted by molar-refractivity contribution is 5.82. The molecular formula is C21H35N5O2. The zero-order valence-corrected chi connectivity index (χ0v) is 17.7. The molecule has 3 saturated heterocycles. The summed E-state index contributed by atoms with van der Waals surface area (Å²) >= 11 is 0. The Labute approximate surface area is 168 Å². The highest BCUT2D eigenvalue weighted by Crippen LogP contribution is 2.43. The van der Waals surface area contributed by atoms with Gasteiger partial charge in [-0.05, 0) is 58.7 Å². The fourth-order valence-electron chi connectivity index (χ4n) is 5.29. The van der Waals surface area contributed by atoms with Crippen LogP contribution in [0, 0.1) is 12.3 Å². The van der Waals surface area contributed by atoms with Gasteiger partial charge in [-0.1, -0.05) is 0 Å². The van der Waals surface area contributed by atoms with Crippen LogP contribution in [-0.2, 0) is 22.6 Å². The van der Waals surface area contributed by atoms with E-state index < -0.39 is 0 Å². The molecule has 1 spiro atoms. The van der Waals surface area contributed by atoms with Crippen LogP contribution in [0.3, 0.4) is 0 Å². The van der Waals surface area contributed by atoms with Crippen molar-refractivity contribution < 1.29 is 9.53 Å². The van der Waals surface area contributed by atoms with E-state index in [2.05, 4.69) is 40.5 Å². The van der Waals surface area contributed by atoms with Crippen LogP contribution in [0.25, 0.3) is 0 Å². The number of aryl methyl sites for hydroxylation is 1. The Kier molecular flexibility index (Phi) is 5.76. The van der Waals surface area contributed by atoms with Crippen LogP contribution in [0.15, 0.2) is 6.20 Å². The first-order valence-corrected chi connectivity index (χ1v) is 10.8. The average molecular weight is 390 g/mol. The van der Waals surface area contributed by atoms with Gasteiger partial charge < -0.3 is 9.64 Å². The van der Waals surface area contributed by atoms with Crippen molar-refractivity contribution in [3.05, 3.63) is 17.5 Å². The Morgan fingerprint density at radius 1 is 1.25 bits per heavy atom. The molecule has 156 valence electrons. The number of piperidine rings is 1. The first-order valence-electron chi connectivity index (χ1n) is 10.8. The van der Waals surface area contributed by atoms with Crippen molar-refractivity contribution in [1.82, 2.24) is 24.5 Å². The number of likely N-dealkylation sites (N-methyl/N-ethyl adjacent to an activating group) is 1. The van der Waals surface area contributed by atoms with E-state index in [1.54, 1.807) is 0 Å². The summed E-state index contributed by atoms with van der Waals surface area (Å²) < 4.78 is 7.49. The quantitative estimate of drug-likeness (QED) is 0.778. The second kappa shape index (κ2) is 8.13. The van der Waals surface area contributed by atoms with E-state index in [0.717, 1.165) is 52.2 Å². The SMILES string of the molecule is CCn1ncc(CN2CCC3(CC2)CC(C(=O)N2CCOCC2)N(C)C3)c1C. The highest BCUT2D eigenvalue weighted by atomic mass is 16.5. The second-order valence-corrected chi connectivity index (χ2v) is 8.92. The molecule has 1 atom stereocenters. The second-order valence-electron chi connectivity index (χ2n) is 8.92. The van der Waals surface area contributed by atoms with Crippen LogP contribution in [0.5, 0.6) is 0 Å². The Morgan fingerprint density at radius 3 is 2.61 bits per heavy atom. The van der Waals surface area contributed by atoms with Gasteiger partial charge in [-0.25, -0.2) is 0 Å². The monoisotopic (exact) mass is 389 g/mol. The van der Waals surface area contributed by atoms with Crippen LogP contribution >= 0.6 is 0 Å². The van der Waals surface area contributed by atoms with E-state index in [1.807, 2.05) is 11.1 Å². The van der Waals surface area contributed by atoms with E-state index in [4.69, 9.17) is 4.74 Å². The topological polar surface area (TPSA) is 53.8 Å². The van der Waals surface area contributed by atoms with Gasteiger partial charge in [0, 0.05) is 44.0 Å². The molecule has 0 saturated carbocycles. The normalized spacial score (nSPS) is 26.2. The summed E-state index contributed by atoms with van der Waals surface area (Å²) in [5.74, 6) is 0.313.